The predicted molar refractivity (Wildman–Crippen MR) is 39.4 cm³/mol. The van der Waals surface area contributed by atoms with E-state index in [1.165, 1.54) is 4.57 Å². The first-order valence-corrected chi connectivity index (χ1v) is 3.16. The maximum Gasteiger partial charge on any atom is 0.288 e. The van der Waals surface area contributed by atoms with E-state index in [1.807, 2.05) is 0 Å². The summed E-state index contributed by atoms with van der Waals surface area (Å²) < 4.78 is 1.55. The second kappa shape index (κ2) is 2.34. The summed E-state index contributed by atoms with van der Waals surface area (Å²) in [6.45, 7) is 1.73. The normalized spacial score (nSPS) is 9.80. The van der Waals surface area contributed by atoms with Gasteiger partial charge >= 0.3 is 0 Å². The molecule has 0 aromatic carbocycles. The van der Waals surface area contributed by atoms with Crippen molar-refractivity contribution >= 4 is 12.2 Å². The Morgan fingerprint density at radius 3 is 2.80 bits per heavy atom. The molecule has 1 aromatic heterocycles. The highest BCUT2D eigenvalue weighted by atomic mass is 32.1. The summed E-state index contributed by atoms with van der Waals surface area (Å²) in [4.78, 5) is 11.0. The van der Waals surface area contributed by atoms with Gasteiger partial charge in [-0.2, -0.15) is 5.10 Å². The largest absolute Gasteiger partial charge is 0.296 e. The van der Waals surface area contributed by atoms with Crippen molar-refractivity contribution in [3.63, 3.8) is 0 Å². The number of nitrogens with one attached hydrogen (secondary N) is 1. The second-order valence-corrected chi connectivity index (χ2v) is 2.37. The number of nitrogens with zero attached hydrogens (tertiary/aromatic N) is 2. The Hall–Kier alpha value is -0.970. The molecule has 0 saturated heterocycles. The van der Waals surface area contributed by atoms with Crippen LogP contribution < -0.4 is 5.56 Å². The van der Waals surface area contributed by atoms with Crippen LogP contribution in [-0.2, 0) is 7.05 Å². The van der Waals surface area contributed by atoms with Crippen molar-refractivity contribution in [2.45, 2.75) is 6.92 Å². The van der Waals surface area contributed by atoms with Gasteiger partial charge in [0.05, 0.1) is 0 Å². The molecule has 1 aromatic rings. The van der Waals surface area contributed by atoms with E-state index in [-0.39, 0.29) is 10.2 Å². The van der Waals surface area contributed by atoms with Crippen molar-refractivity contribution in [1.82, 2.24) is 14.8 Å². The molecule has 10 heavy (non-hydrogen) atoms. The van der Waals surface area contributed by atoms with Crippen molar-refractivity contribution in [2.24, 2.45) is 7.05 Å². The summed E-state index contributed by atoms with van der Waals surface area (Å²) in [7, 11) is 1.63. The van der Waals surface area contributed by atoms with E-state index in [0.29, 0.717) is 5.82 Å². The van der Waals surface area contributed by atoms with Gasteiger partial charge in [-0.05, 0) is 6.92 Å². The first-order chi connectivity index (χ1) is 4.63. The van der Waals surface area contributed by atoms with Gasteiger partial charge < -0.3 is 0 Å². The van der Waals surface area contributed by atoms with Gasteiger partial charge in [-0.1, -0.05) is 12.2 Å². The second-order valence-electron chi connectivity index (χ2n) is 1.96. The summed E-state index contributed by atoms with van der Waals surface area (Å²) in [5.41, 5.74) is -0.206. The van der Waals surface area contributed by atoms with Crippen LogP contribution in [0.5, 0.6) is 0 Å². The lowest BCUT2D eigenvalue weighted by Crippen LogP contribution is -2.21. The molecule has 0 radical (unpaired) electrons. The van der Waals surface area contributed by atoms with E-state index in [0.717, 1.165) is 0 Å². The summed E-state index contributed by atoms with van der Waals surface area (Å²) in [6, 6.07) is 0. The molecule has 54 valence electrons. The molecule has 0 aliphatic rings. The highest BCUT2D eigenvalue weighted by molar-refractivity contribution is 7.71. The fourth-order valence-electron chi connectivity index (χ4n) is 0.554. The van der Waals surface area contributed by atoms with Crippen LogP contribution in [0.15, 0.2) is 4.79 Å². The van der Waals surface area contributed by atoms with Gasteiger partial charge in [0.1, 0.15) is 5.82 Å². The van der Waals surface area contributed by atoms with Crippen molar-refractivity contribution < 1.29 is 0 Å². The van der Waals surface area contributed by atoms with E-state index in [9.17, 15) is 4.79 Å². The molecule has 5 heteroatoms. The van der Waals surface area contributed by atoms with Gasteiger partial charge in [0.25, 0.3) is 5.56 Å². The lowest BCUT2D eigenvalue weighted by Gasteiger charge is -1.97. The highest BCUT2D eigenvalue weighted by Crippen LogP contribution is 1.80. The standard InChI is InChI=1S/C5H7N3OS/c1-3-6-7-4(10)5(9)8(3)2/h1-2H3,(H,7,10). The molecule has 0 atom stereocenters. The average molecular weight is 157 g/mol. The van der Waals surface area contributed by atoms with Crippen LogP contribution in [0.4, 0.5) is 0 Å². The third-order valence-corrected chi connectivity index (χ3v) is 1.57. The number of aromatic amines is 1. The predicted octanol–water partition coefficient (Wildman–Crippen LogP) is 0.146. The first kappa shape index (κ1) is 7.14. The Morgan fingerprint density at radius 1 is 1.70 bits per heavy atom. The minimum absolute atomic E-state index is 0.146. The Labute approximate surface area is 62.5 Å². The number of hydrogen-bond acceptors (Lipinski definition) is 3. The molecule has 0 unspecified atom stereocenters. The maximum atomic E-state index is 11.0. The fourth-order valence-corrected chi connectivity index (χ4v) is 0.736. The third-order valence-electron chi connectivity index (χ3n) is 1.30. The van der Waals surface area contributed by atoms with Crippen LogP contribution in [0, 0.1) is 11.6 Å². The molecular formula is C5H7N3OS. The van der Waals surface area contributed by atoms with Crippen molar-refractivity contribution in [2.75, 3.05) is 0 Å². The average Bonchev–Trinajstić information content (AvgIpc) is 1.93. The van der Waals surface area contributed by atoms with Crippen LogP contribution >= 0.6 is 12.2 Å². The van der Waals surface area contributed by atoms with E-state index >= 15 is 0 Å². The monoisotopic (exact) mass is 157 g/mol. The summed E-state index contributed by atoms with van der Waals surface area (Å²) in [6.07, 6.45) is 0. The van der Waals surface area contributed by atoms with Crippen LogP contribution in [-0.4, -0.2) is 14.8 Å². The molecule has 0 spiro atoms. The van der Waals surface area contributed by atoms with Crippen LogP contribution in [0.3, 0.4) is 0 Å². The summed E-state index contributed by atoms with van der Waals surface area (Å²) in [5, 5.41) is 6.21. The van der Waals surface area contributed by atoms with Gasteiger partial charge in [0.15, 0.2) is 4.64 Å². The van der Waals surface area contributed by atoms with Crippen LogP contribution in [0.2, 0.25) is 0 Å². The Kier molecular flexibility index (Phi) is 1.67. The van der Waals surface area contributed by atoms with E-state index in [2.05, 4.69) is 22.4 Å². The zero-order valence-corrected chi connectivity index (χ0v) is 6.53. The van der Waals surface area contributed by atoms with Crippen molar-refractivity contribution in [3.05, 3.63) is 20.8 Å². The fraction of sp³-hybridized carbons (Fsp3) is 0.400. The van der Waals surface area contributed by atoms with Crippen molar-refractivity contribution in [1.29, 1.82) is 0 Å². The van der Waals surface area contributed by atoms with Gasteiger partial charge in [-0.3, -0.25) is 14.5 Å². The van der Waals surface area contributed by atoms with E-state index < -0.39 is 0 Å². The molecule has 0 fully saturated rings. The van der Waals surface area contributed by atoms with E-state index in [1.54, 1.807) is 14.0 Å². The van der Waals surface area contributed by atoms with Crippen molar-refractivity contribution in [3.8, 4) is 0 Å². The number of H-pyrrole nitrogens is 1. The number of rotatable bonds is 0. The molecule has 0 aliphatic carbocycles. The summed E-state index contributed by atoms with van der Waals surface area (Å²) in [5.74, 6) is 0.624. The lowest BCUT2D eigenvalue weighted by atomic mass is 10.6. The third kappa shape index (κ3) is 0.995. The molecular weight excluding hydrogens is 150 g/mol. The number of aryl methyl sites for hydroxylation is 1. The Morgan fingerprint density at radius 2 is 2.30 bits per heavy atom. The minimum atomic E-state index is -0.206. The smallest absolute Gasteiger partial charge is 0.288 e. The van der Waals surface area contributed by atoms with Gasteiger partial charge in [0.2, 0.25) is 0 Å². The topological polar surface area (TPSA) is 50.7 Å². The SMILES string of the molecule is Cc1n[nH]c(=S)c(=O)n1C. The quantitative estimate of drug-likeness (QED) is 0.545. The molecule has 1 N–H and O–H groups in total. The van der Waals surface area contributed by atoms with Gasteiger partial charge in [-0.15, -0.1) is 0 Å². The minimum Gasteiger partial charge on any atom is -0.296 e. The molecule has 1 heterocycles. The zero-order chi connectivity index (χ0) is 7.72. The Bertz CT molecular complexity index is 351. The lowest BCUT2D eigenvalue weighted by molar-refractivity contribution is 0.720. The molecule has 0 bridgehead atoms. The van der Waals surface area contributed by atoms with E-state index in [4.69, 9.17) is 0 Å². The van der Waals surface area contributed by atoms with Gasteiger partial charge in [-0.25, -0.2) is 0 Å². The Balaban J connectivity index is 3.66. The molecule has 1 rings (SSSR count). The number of hydrogen-bond donors (Lipinski definition) is 1. The molecule has 0 aliphatic heterocycles. The molecule has 4 nitrogen and oxygen atoms in total. The first-order valence-electron chi connectivity index (χ1n) is 2.75. The molecule has 0 amide bonds. The van der Waals surface area contributed by atoms with Gasteiger partial charge in [0, 0.05) is 7.05 Å². The zero-order valence-electron chi connectivity index (χ0n) is 5.71. The highest BCUT2D eigenvalue weighted by Gasteiger charge is 1.94. The number of aromatic nitrogens is 3. The summed E-state index contributed by atoms with van der Waals surface area (Å²) >= 11 is 4.65. The maximum absolute atomic E-state index is 11.0. The van der Waals surface area contributed by atoms with Crippen LogP contribution in [0.25, 0.3) is 0 Å². The van der Waals surface area contributed by atoms with Crippen LogP contribution in [0.1, 0.15) is 5.82 Å². The molecule has 0 saturated carbocycles.